The number of hydrogen-bond acceptors (Lipinski definition) is 6. The largest absolute Gasteiger partial charge is 0.456 e. The van der Waals surface area contributed by atoms with Gasteiger partial charge >= 0.3 is 0 Å². The summed E-state index contributed by atoms with van der Waals surface area (Å²) in [4.78, 5) is 10.4. The Bertz CT molecular complexity index is 3070. The first kappa shape index (κ1) is 28.3. The predicted octanol–water partition coefficient (Wildman–Crippen LogP) is 12.0. The highest BCUT2D eigenvalue weighted by Crippen LogP contribution is 2.42. The van der Waals surface area contributed by atoms with E-state index in [1.165, 1.54) is 25.7 Å². The van der Waals surface area contributed by atoms with Crippen LogP contribution in [-0.2, 0) is 0 Å². The average Bonchev–Trinajstić information content (AvgIpc) is 3.89. The zero-order valence-electron chi connectivity index (χ0n) is 27.1. The molecule has 51 heavy (non-hydrogen) atoms. The highest BCUT2D eigenvalue weighted by atomic mass is 32.1. The molecule has 3 aromatic heterocycles. The van der Waals surface area contributed by atoms with Gasteiger partial charge in [-0.25, -0.2) is 9.98 Å². The van der Waals surface area contributed by atoms with Crippen LogP contribution in [0.5, 0.6) is 0 Å². The van der Waals surface area contributed by atoms with Crippen molar-refractivity contribution >= 4 is 87.1 Å². The monoisotopic (exact) mass is 673 g/mol. The first-order valence-corrected chi connectivity index (χ1v) is 17.8. The summed E-state index contributed by atoms with van der Waals surface area (Å²) in [6.07, 6.45) is -0.412. The molecule has 0 saturated carbocycles. The van der Waals surface area contributed by atoms with Crippen LogP contribution in [0.4, 0.5) is 0 Å². The minimum atomic E-state index is -0.412. The maximum atomic E-state index is 6.68. The Hall–Kier alpha value is -6.50. The van der Waals surface area contributed by atoms with Crippen LogP contribution in [0.1, 0.15) is 22.9 Å². The fourth-order valence-corrected chi connectivity index (χ4v) is 8.86. The lowest BCUT2D eigenvalue weighted by Gasteiger charge is -2.24. The van der Waals surface area contributed by atoms with E-state index in [1.54, 1.807) is 0 Å². The van der Waals surface area contributed by atoms with Gasteiger partial charge in [0.2, 0.25) is 0 Å². The van der Waals surface area contributed by atoms with Crippen molar-refractivity contribution in [3.8, 4) is 11.1 Å². The molecule has 1 N–H and O–H groups in total. The molecule has 6 heteroatoms. The second-order valence-corrected chi connectivity index (χ2v) is 14.0. The topological polar surface area (TPSA) is 63.0 Å². The number of para-hydroxylation sites is 2. The lowest BCUT2D eigenvalue weighted by molar-refractivity contribution is 0.660. The van der Waals surface area contributed by atoms with Crippen molar-refractivity contribution in [2.75, 3.05) is 0 Å². The van der Waals surface area contributed by atoms with Crippen LogP contribution < -0.4 is 5.32 Å². The zero-order chi connectivity index (χ0) is 33.5. The van der Waals surface area contributed by atoms with E-state index in [1.807, 2.05) is 59.9 Å². The fourth-order valence-electron chi connectivity index (χ4n) is 7.62. The standard InChI is InChI=1S/C45H27N3O2S/c1-2-11-26(12-3-1)43-46-44(33-18-10-21-38-40(33)32-14-4-6-20-36(32)49-38)48-45(47-43)34-19-9-16-30-35-25-27(23-24-37(35)50-41(30)34)28-15-8-17-31-29-13-5-7-22-39(29)51-42(28)31/h1-25,44H,(H,46,47,48). The summed E-state index contributed by atoms with van der Waals surface area (Å²) in [5.41, 5.74) is 8.53. The third-order valence-corrected chi connectivity index (χ3v) is 11.2. The summed E-state index contributed by atoms with van der Waals surface area (Å²) >= 11 is 1.85. The van der Waals surface area contributed by atoms with E-state index in [0.717, 1.165) is 72.0 Å². The van der Waals surface area contributed by atoms with Gasteiger partial charge in [-0.2, -0.15) is 0 Å². The third kappa shape index (κ3) is 4.40. The Labute approximate surface area is 295 Å². The Morgan fingerprint density at radius 1 is 0.529 bits per heavy atom. The molecule has 11 rings (SSSR count). The summed E-state index contributed by atoms with van der Waals surface area (Å²) in [5, 5.41) is 10.4. The number of fused-ring (bicyclic) bond motifs is 9. The van der Waals surface area contributed by atoms with E-state index in [-0.39, 0.29) is 0 Å². The molecular weight excluding hydrogens is 647 g/mol. The molecule has 10 aromatic rings. The van der Waals surface area contributed by atoms with E-state index < -0.39 is 6.17 Å². The minimum absolute atomic E-state index is 0.412. The maximum Gasteiger partial charge on any atom is 0.163 e. The molecule has 0 fully saturated rings. The second kappa shape index (κ2) is 11.0. The molecule has 1 aliphatic heterocycles. The normalized spacial score (nSPS) is 14.9. The van der Waals surface area contributed by atoms with Crippen molar-refractivity contribution in [2.24, 2.45) is 9.98 Å². The molecule has 7 aromatic carbocycles. The number of hydrogen-bond donors (Lipinski definition) is 1. The molecular formula is C45H27N3O2S. The van der Waals surface area contributed by atoms with E-state index in [2.05, 4.69) is 108 Å². The van der Waals surface area contributed by atoms with Crippen LogP contribution in [0.25, 0.3) is 75.2 Å². The molecule has 0 radical (unpaired) electrons. The van der Waals surface area contributed by atoms with Crippen molar-refractivity contribution in [3.05, 3.63) is 168 Å². The Morgan fingerprint density at radius 3 is 2.18 bits per heavy atom. The number of thiophene rings is 1. The van der Waals surface area contributed by atoms with Crippen molar-refractivity contribution in [3.63, 3.8) is 0 Å². The average molecular weight is 674 g/mol. The van der Waals surface area contributed by atoms with E-state index in [4.69, 9.17) is 18.8 Å². The van der Waals surface area contributed by atoms with E-state index >= 15 is 0 Å². The van der Waals surface area contributed by atoms with Crippen LogP contribution in [0.2, 0.25) is 0 Å². The lowest BCUT2D eigenvalue weighted by Crippen LogP contribution is -2.33. The molecule has 4 heterocycles. The van der Waals surface area contributed by atoms with Crippen LogP contribution >= 0.6 is 11.3 Å². The van der Waals surface area contributed by atoms with Crippen molar-refractivity contribution in [2.45, 2.75) is 6.17 Å². The summed E-state index contributed by atoms with van der Waals surface area (Å²) in [7, 11) is 0. The van der Waals surface area contributed by atoms with Crippen LogP contribution in [0.3, 0.4) is 0 Å². The molecule has 0 amide bonds. The quantitative estimate of drug-likeness (QED) is 0.202. The van der Waals surface area contributed by atoms with Gasteiger partial charge in [-0.15, -0.1) is 11.3 Å². The first-order valence-electron chi connectivity index (χ1n) is 17.0. The molecule has 0 spiro atoms. The molecule has 1 unspecified atom stereocenters. The number of benzene rings is 7. The van der Waals surface area contributed by atoms with Crippen LogP contribution in [0, 0.1) is 0 Å². The Kier molecular flexibility index (Phi) is 6.12. The van der Waals surface area contributed by atoms with Gasteiger partial charge in [0.05, 0.1) is 5.56 Å². The van der Waals surface area contributed by atoms with Crippen molar-refractivity contribution in [1.82, 2.24) is 5.32 Å². The van der Waals surface area contributed by atoms with Gasteiger partial charge in [0.15, 0.2) is 5.84 Å². The van der Waals surface area contributed by atoms with Gasteiger partial charge in [-0.3, -0.25) is 0 Å². The molecule has 0 aliphatic carbocycles. The van der Waals surface area contributed by atoms with Gasteiger partial charge < -0.3 is 14.2 Å². The van der Waals surface area contributed by atoms with Gasteiger partial charge in [0.1, 0.15) is 34.3 Å². The number of rotatable bonds is 4. The summed E-state index contributed by atoms with van der Waals surface area (Å²) in [5.74, 6) is 1.37. The number of aliphatic imine (C=N–C) groups is 2. The summed E-state index contributed by atoms with van der Waals surface area (Å²) in [6, 6.07) is 52.6. The summed E-state index contributed by atoms with van der Waals surface area (Å²) < 4.78 is 15.5. The lowest BCUT2D eigenvalue weighted by atomic mass is 10.00. The molecule has 5 nitrogen and oxygen atoms in total. The highest BCUT2D eigenvalue weighted by Gasteiger charge is 2.26. The number of nitrogens with one attached hydrogen (secondary N) is 1. The fraction of sp³-hybridized carbons (Fsp3) is 0.0222. The molecule has 0 saturated heterocycles. The van der Waals surface area contributed by atoms with E-state index in [9.17, 15) is 0 Å². The highest BCUT2D eigenvalue weighted by molar-refractivity contribution is 7.26. The van der Waals surface area contributed by atoms with Crippen LogP contribution in [-0.4, -0.2) is 11.7 Å². The van der Waals surface area contributed by atoms with Gasteiger partial charge in [0.25, 0.3) is 0 Å². The predicted molar refractivity (Wildman–Crippen MR) is 211 cm³/mol. The molecule has 240 valence electrons. The van der Waals surface area contributed by atoms with Crippen LogP contribution in [0.15, 0.2) is 170 Å². The van der Waals surface area contributed by atoms with E-state index in [0.29, 0.717) is 5.84 Å². The van der Waals surface area contributed by atoms with Gasteiger partial charge in [-0.05, 0) is 47.5 Å². The number of amidine groups is 2. The summed E-state index contributed by atoms with van der Waals surface area (Å²) in [6.45, 7) is 0. The number of furan rings is 2. The second-order valence-electron chi connectivity index (χ2n) is 12.9. The van der Waals surface area contributed by atoms with Crippen molar-refractivity contribution in [1.29, 1.82) is 0 Å². The first-order chi connectivity index (χ1) is 25.3. The number of nitrogens with zero attached hydrogens (tertiary/aromatic N) is 2. The smallest absolute Gasteiger partial charge is 0.163 e. The Morgan fingerprint density at radius 2 is 1.25 bits per heavy atom. The third-order valence-electron chi connectivity index (χ3n) is 9.97. The molecule has 0 bridgehead atoms. The van der Waals surface area contributed by atoms with Gasteiger partial charge in [-0.1, -0.05) is 115 Å². The SMILES string of the molecule is c1ccc(C2=NC(c3cccc4c3oc3ccc(-c5cccc6c5sc5ccccc56)cc34)=NC(c3cccc4oc5ccccc5c34)N2)cc1. The minimum Gasteiger partial charge on any atom is -0.456 e. The molecule has 1 atom stereocenters. The molecule has 1 aliphatic rings. The van der Waals surface area contributed by atoms with Gasteiger partial charge in [0, 0.05) is 52.8 Å². The Balaban J connectivity index is 1.09. The maximum absolute atomic E-state index is 6.68. The van der Waals surface area contributed by atoms with Crippen molar-refractivity contribution < 1.29 is 8.83 Å². The zero-order valence-corrected chi connectivity index (χ0v) is 27.9.